The van der Waals surface area contributed by atoms with Crippen LogP contribution in [0.5, 0.6) is 0 Å². The van der Waals surface area contributed by atoms with Gasteiger partial charge in [-0.05, 0) is 12.8 Å². The average molecular weight is 234 g/mol. The van der Waals surface area contributed by atoms with Crippen LogP contribution in [0.1, 0.15) is 12.8 Å². The smallest absolute Gasteiger partial charge is 0.227 e. The van der Waals surface area contributed by atoms with E-state index in [1.54, 1.807) is 4.90 Å². The third-order valence-electron chi connectivity index (χ3n) is 4.31. The van der Waals surface area contributed by atoms with E-state index in [1.807, 2.05) is 11.9 Å². The van der Waals surface area contributed by atoms with Gasteiger partial charge < -0.3 is 9.80 Å². The zero-order valence-electron chi connectivity index (χ0n) is 10.1. The molecule has 2 atom stereocenters. The third kappa shape index (κ3) is 1.66. The van der Waals surface area contributed by atoms with Crippen LogP contribution in [0.3, 0.4) is 0 Å². The lowest BCUT2D eigenvalue weighted by atomic mass is 10.0. The molecule has 4 nitrogen and oxygen atoms in total. The van der Waals surface area contributed by atoms with Crippen molar-refractivity contribution in [2.75, 3.05) is 26.7 Å². The predicted octanol–water partition coefficient (Wildman–Crippen LogP) is 0.499. The van der Waals surface area contributed by atoms with Crippen LogP contribution in [-0.2, 0) is 9.59 Å². The first kappa shape index (κ1) is 10.8. The van der Waals surface area contributed by atoms with Crippen LogP contribution < -0.4 is 0 Å². The van der Waals surface area contributed by atoms with E-state index in [-0.39, 0.29) is 23.7 Å². The summed E-state index contributed by atoms with van der Waals surface area (Å²) in [5.74, 6) is 1.04. The quantitative estimate of drug-likeness (QED) is 0.620. The van der Waals surface area contributed by atoms with Crippen LogP contribution in [0.15, 0.2) is 12.2 Å². The highest BCUT2D eigenvalue weighted by molar-refractivity contribution is 5.85. The number of allylic oxidation sites excluding steroid dienone is 2. The van der Waals surface area contributed by atoms with Crippen molar-refractivity contribution in [2.45, 2.75) is 12.8 Å². The molecule has 0 N–H and O–H groups in total. The molecule has 0 aromatic carbocycles. The Balaban J connectivity index is 1.65. The Morgan fingerprint density at radius 1 is 1.24 bits per heavy atom. The molecule has 2 aliphatic heterocycles. The number of nitrogens with zero attached hydrogens (tertiary/aromatic N) is 2. The summed E-state index contributed by atoms with van der Waals surface area (Å²) in [6, 6.07) is 0. The molecule has 1 aliphatic carbocycles. The number of rotatable bonds is 1. The molecule has 4 heteroatoms. The fraction of sp³-hybridized carbons (Fsp3) is 0.692. The lowest BCUT2D eigenvalue weighted by Gasteiger charge is -2.22. The average Bonchev–Trinajstić information content (AvgIpc) is 2.99. The molecular formula is C13H18N2O2. The number of carbonyl (C=O) groups is 2. The molecule has 0 saturated carbocycles. The minimum Gasteiger partial charge on any atom is -0.345 e. The highest BCUT2D eigenvalue weighted by Crippen LogP contribution is 2.33. The first-order valence-corrected chi connectivity index (χ1v) is 6.35. The second kappa shape index (κ2) is 3.86. The van der Waals surface area contributed by atoms with Crippen molar-refractivity contribution in [1.29, 1.82) is 0 Å². The SMILES string of the molecule is CN1C[C@@H]2CN(C(=O)C3CC=CC3)C[C@@H]2C1=O. The molecule has 92 valence electrons. The fourth-order valence-electron chi connectivity index (χ4n) is 3.32. The van der Waals surface area contributed by atoms with Crippen LogP contribution >= 0.6 is 0 Å². The maximum atomic E-state index is 12.2. The molecule has 2 fully saturated rings. The molecule has 0 spiro atoms. The third-order valence-corrected chi connectivity index (χ3v) is 4.31. The monoisotopic (exact) mass is 234 g/mol. The van der Waals surface area contributed by atoms with Gasteiger partial charge in [0, 0.05) is 38.5 Å². The van der Waals surface area contributed by atoms with Gasteiger partial charge in [0.15, 0.2) is 0 Å². The minimum absolute atomic E-state index is 0.0679. The van der Waals surface area contributed by atoms with Gasteiger partial charge in [0.2, 0.25) is 11.8 Å². The largest absolute Gasteiger partial charge is 0.345 e. The van der Waals surface area contributed by atoms with Crippen LogP contribution in [0.25, 0.3) is 0 Å². The summed E-state index contributed by atoms with van der Waals surface area (Å²) in [6.45, 7) is 2.23. The van der Waals surface area contributed by atoms with E-state index < -0.39 is 0 Å². The topological polar surface area (TPSA) is 40.6 Å². The summed E-state index contributed by atoms with van der Waals surface area (Å²) in [5.41, 5.74) is 0. The predicted molar refractivity (Wildman–Crippen MR) is 63.1 cm³/mol. The first-order valence-electron chi connectivity index (χ1n) is 6.35. The normalized spacial score (nSPS) is 32.6. The minimum atomic E-state index is 0.0679. The Morgan fingerprint density at radius 2 is 1.94 bits per heavy atom. The Morgan fingerprint density at radius 3 is 2.59 bits per heavy atom. The van der Waals surface area contributed by atoms with E-state index in [4.69, 9.17) is 0 Å². The van der Waals surface area contributed by atoms with Crippen LogP contribution in [0.2, 0.25) is 0 Å². The molecule has 17 heavy (non-hydrogen) atoms. The van der Waals surface area contributed by atoms with Gasteiger partial charge in [-0.25, -0.2) is 0 Å². The summed E-state index contributed by atoms with van der Waals surface area (Å²) < 4.78 is 0. The summed E-state index contributed by atoms with van der Waals surface area (Å²) in [6.07, 6.45) is 5.91. The molecule has 3 aliphatic rings. The molecule has 3 rings (SSSR count). The maximum absolute atomic E-state index is 12.2. The van der Waals surface area contributed by atoms with Crippen molar-refractivity contribution in [1.82, 2.24) is 9.80 Å². The molecule has 0 radical (unpaired) electrons. The maximum Gasteiger partial charge on any atom is 0.227 e. The number of fused-ring (bicyclic) bond motifs is 1. The van der Waals surface area contributed by atoms with Crippen molar-refractivity contribution in [2.24, 2.45) is 17.8 Å². The van der Waals surface area contributed by atoms with Crippen molar-refractivity contribution in [3.8, 4) is 0 Å². The molecular weight excluding hydrogens is 216 g/mol. The molecule has 0 aromatic rings. The number of likely N-dealkylation sites (tertiary alicyclic amines) is 2. The Bertz CT molecular complexity index is 383. The van der Waals surface area contributed by atoms with Gasteiger partial charge in [-0.3, -0.25) is 9.59 Å². The Hall–Kier alpha value is -1.32. The Labute approximate surface area is 101 Å². The van der Waals surface area contributed by atoms with Crippen LogP contribution in [-0.4, -0.2) is 48.3 Å². The number of hydrogen-bond donors (Lipinski definition) is 0. The summed E-state index contributed by atoms with van der Waals surface area (Å²) >= 11 is 0. The second-order valence-corrected chi connectivity index (χ2v) is 5.47. The van der Waals surface area contributed by atoms with Crippen LogP contribution in [0, 0.1) is 17.8 Å². The zero-order chi connectivity index (χ0) is 12.0. The zero-order valence-corrected chi connectivity index (χ0v) is 10.1. The van der Waals surface area contributed by atoms with Gasteiger partial charge in [0.1, 0.15) is 0 Å². The van der Waals surface area contributed by atoms with E-state index in [0.717, 1.165) is 25.9 Å². The standard InChI is InChI=1S/C13H18N2O2/c1-14-6-10-7-15(8-11(10)13(14)17)12(16)9-4-2-3-5-9/h2-3,9-11H,4-8H2,1H3/t10-,11+/m1/s1. The summed E-state index contributed by atoms with van der Waals surface area (Å²) in [5, 5.41) is 0. The Kier molecular flexibility index (Phi) is 2.45. The lowest BCUT2D eigenvalue weighted by Crippen LogP contribution is -2.37. The summed E-state index contributed by atoms with van der Waals surface area (Å²) in [7, 11) is 1.85. The first-order chi connectivity index (χ1) is 8.16. The van der Waals surface area contributed by atoms with E-state index in [9.17, 15) is 9.59 Å². The van der Waals surface area contributed by atoms with Gasteiger partial charge in [0.05, 0.1) is 5.92 Å². The van der Waals surface area contributed by atoms with E-state index >= 15 is 0 Å². The molecule has 2 saturated heterocycles. The number of carbonyl (C=O) groups excluding carboxylic acids is 2. The number of hydrogen-bond acceptors (Lipinski definition) is 2. The van der Waals surface area contributed by atoms with Crippen molar-refractivity contribution < 1.29 is 9.59 Å². The van der Waals surface area contributed by atoms with Gasteiger partial charge in [0.25, 0.3) is 0 Å². The van der Waals surface area contributed by atoms with Gasteiger partial charge in [-0.2, -0.15) is 0 Å². The molecule has 2 heterocycles. The highest BCUT2D eigenvalue weighted by Gasteiger charge is 2.46. The van der Waals surface area contributed by atoms with E-state index in [2.05, 4.69) is 12.2 Å². The molecule has 0 aromatic heterocycles. The van der Waals surface area contributed by atoms with Crippen molar-refractivity contribution in [3.63, 3.8) is 0 Å². The van der Waals surface area contributed by atoms with Gasteiger partial charge in [-0.15, -0.1) is 0 Å². The van der Waals surface area contributed by atoms with E-state index in [0.29, 0.717) is 12.5 Å². The van der Waals surface area contributed by atoms with Gasteiger partial charge in [-0.1, -0.05) is 12.2 Å². The number of amides is 2. The molecule has 2 amide bonds. The summed E-state index contributed by atoms with van der Waals surface area (Å²) in [4.78, 5) is 27.8. The van der Waals surface area contributed by atoms with E-state index in [1.165, 1.54) is 0 Å². The van der Waals surface area contributed by atoms with Crippen molar-refractivity contribution >= 4 is 11.8 Å². The fourth-order valence-corrected chi connectivity index (χ4v) is 3.32. The van der Waals surface area contributed by atoms with Gasteiger partial charge >= 0.3 is 0 Å². The second-order valence-electron chi connectivity index (χ2n) is 5.47. The van der Waals surface area contributed by atoms with Crippen molar-refractivity contribution in [3.05, 3.63) is 12.2 Å². The highest BCUT2D eigenvalue weighted by atomic mass is 16.2. The molecule has 0 bridgehead atoms. The lowest BCUT2D eigenvalue weighted by molar-refractivity contribution is -0.135. The van der Waals surface area contributed by atoms with Crippen LogP contribution in [0.4, 0.5) is 0 Å². The molecule has 0 unspecified atom stereocenters.